The normalized spacial score (nSPS) is 11.3. The molecule has 0 radical (unpaired) electrons. The van der Waals surface area contributed by atoms with Crippen LogP contribution in [-0.4, -0.2) is 11.9 Å². The summed E-state index contributed by atoms with van der Waals surface area (Å²) in [5.41, 5.74) is -1.62. The highest BCUT2D eigenvalue weighted by atomic mass is 35.5. The van der Waals surface area contributed by atoms with E-state index in [2.05, 4.69) is 0 Å². The summed E-state index contributed by atoms with van der Waals surface area (Å²) < 4.78 is 10.7. The molecule has 29 heavy (non-hydrogen) atoms. The van der Waals surface area contributed by atoms with Gasteiger partial charge in [0.2, 0.25) is 0 Å². The van der Waals surface area contributed by atoms with Crippen LogP contribution in [-0.2, 0) is 9.59 Å². The van der Waals surface area contributed by atoms with Gasteiger partial charge in [0, 0.05) is 12.1 Å². The molecule has 0 atom stereocenters. The third-order valence-electron chi connectivity index (χ3n) is 4.34. The molecule has 10 heteroatoms. The van der Waals surface area contributed by atoms with E-state index in [1.807, 2.05) is 0 Å². The lowest BCUT2D eigenvalue weighted by atomic mass is 9.82. The monoisotopic (exact) mass is 516 g/mol. The molecule has 0 aliphatic carbocycles. The molecule has 0 unspecified atom stereocenters. The summed E-state index contributed by atoms with van der Waals surface area (Å²) in [6.07, 6.45) is 0.193. The fraction of sp³-hybridized carbons (Fsp3) is 0.263. The Labute approximate surface area is 197 Å². The molecule has 0 heterocycles. The smallest absolute Gasteiger partial charge is 0.328 e. The summed E-state index contributed by atoms with van der Waals surface area (Å²) in [6, 6.07) is 5.26. The Bertz CT molecular complexity index is 883. The number of hydrogen-bond acceptors (Lipinski definition) is 4. The van der Waals surface area contributed by atoms with E-state index in [9.17, 15) is 9.59 Å². The summed E-state index contributed by atoms with van der Waals surface area (Å²) in [5.74, 6) is -1.77. The average Bonchev–Trinajstić information content (AvgIpc) is 2.65. The fourth-order valence-corrected chi connectivity index (χ4v) is 3.62. The van der Waals surface area contributed by atoms with Gasteiger partial charge in [-0.15, -0.1) is 0 Å². The molecule has 0 bridgehead atoms. The maximum absolute atomic E-state index is 12.9. The molecular weight excluding hydrogens is 505 g/mol. The van der Waals surface area contributed by atoms with Crippen LogP contribution in [0.4, 0.5) is 0 Å². The molecule has 156 valence electrons. The van der Waals surface area contributed by atoms with E-state index in [0.717, 1.165) is 0 Å². The van der Waals surface area contributed by atoms with Gasteiger partial charge in [0.15, 0.2) is 16.9 Å². The van der Waals surface area contributed by atoms with E-state index in [4.69, 9.17) is 79.1 Å². The molecule has 0 fully saturated rings. The number of halogens is 6. The Hall–Kier alpha value is -0.880. The topological polar surface area (TPSA) is 52.6 Å². The highest BCUT2D eigenvalue weighted by Gasteiger charge is 2.47. The maximum Gasteiger partial charge on any atom is 0.328 e. The van der Waals surface area contributed by atoms with Gasteiger partial charge in [-0.3, -0.25) is 9.59 Å². The largest absolute Gasteiger partial charge is 0.424 e. The van der Waals surface area contributed by atoms with Crippen molar-refractivity contribution in [3.05, 3.63) is 54.4 Å². The molecule has 0 saturated heterocycles. The number of hydrogen-bond donors (Lipinski definition) is 0. The van der Waals surface area contributed by atoms with Crippen LogP contribution in [0.1, 0.15) is 26.7 Å². The standard InChI is InChI=1S/C19H14Cl6O4/c1-3-19(4-2,17(26)28-15-7-11(22)9(20)5-13(15)24)18(27)29-16-8-12(23)10(21)6-14(16)25/h5-8H,3-4H2,1-2H3. The highest BCUT2D eigenvalue weighted by Crippen LogP contribution is 2.39. The van der Waals surface area contributed by atoms with Gasteiger partial charge in [0.25, 0.3) is 0 Å². The third-order valence-corrected chi connectivity index (χ3v) is 6.38. The Morgan fingerprint density at radius 3 is 1.28 bits per heavy atom. The number of rotatable bonds is 6. The van der Waals surface area contributed by atoms with Crippen molar-refractivity contribution >= 4 is 81.5 Å². The second-order valence-electron chi connectivity index (χ2n) is 5.96. The van der Waals surface area contributed by atoms with E-state index in [1.54, 1.807) is 13.8 Å². The molecule has 2 rings (SSSR count). The zero-order valence-corrected chi connectivity index (χ0v) is 19.7. The minimum atomic E-state index is -1.62. The summed E-state index contributed by atoms with van der Waals surface area (Å²) in [5, 5.41) is 0.805. The highest BCUT2D eigenvalue weighted by molar-refractivity contribution is 6.44. The van der Waals surface area contributed by atoms with Crippen molar-refractivity contribution < 1.29 is 19.1 Å². The van der Waals surface area contributed by atoms with Gasteiger partial charge in [-0.05, 0) is 25.0 Å². The molecule has 2 aromatic carbocycles. The van der Waals surface area contributed by atoms with E-state index in [1.165, 1.54) is 24.3 Å². The summed E-state index contributed by atoms with van der Waals surface area (Å²) in [4.78, 5) is 25.9. The Kier molecular flexibility index (Phi) is 8.37. The molecule has 0 aliphatic rings. The molecule has 0 aromatic heterocycles. The minimum Gasteiger partial charge on any atom is -0.424 e. The zero-order valence-electron chi connectivity index (χ0n) is 15.1. The summed E-state index contributed by atoms with van der Waals surface area (Å²) in [7, 11) is 0. The lowest BCUT2D eigenvalue weighted by Gasteiger charge is -2.27. The molecule has 4 nitrogen and oxygen atoms in total. The van der Waals surface area contributed by atoms with Crippen molar-refractivity contribution in [1.82, 2.24) is 0 Å². The molecule has 0 aliphatic heterocycles. The maximum atomic E-state index is 12.9. The van der Waals surface area contributed by atoms with Crippen LogP contribution >= 0.6 is 69.6 Å². The Morgan fingerprint density at radius 2 is 0.966 bits per heavy atom. The van der Waals surface area contributed by atoms with E-state index in [0.29, 0.717) is 0 Å². The van der Waals surface area contributed by atoms with Crippen LogP contribution < -0.4 is 9.47 Å². The molecule has 2 aromatic rings. The first-order valence-corrected chi connectivity index (χ1v) is 10.6. The van der Waals surface area contributed by atoms with Crippen LogP contribution in [0.25, 0.3) is 0 Å². The minimum absolute atomic E-state index is 0.0299. The second-order valence-corrected chi connectivity index (χ2v) is 8.40. The number of benzene rings is 2. The van der Waals surface area contributed by atoms with Gasteiger partial charge in [-0.1, -0.05) is 83.5 Å². The molecule has 0 spiro atoms. The van der Waals surface area contributed by atoms with Gasteiger partial charge < -0.3 is 9.47 Å². The number of carbonyl (C=O) groups excluding carboxylic acids is 2. The number of carbonyl (C=O) groups is 2. The predicted octanol–water partition coefficient (Wildman–Crippen LogP) is 7.92. The van der Waals surface area contributed by atoms with Gasteiger partial charge >= 0.3 is 11.9 Å². The van der Waals surface area contributed by atoms with Gasteiger partial charge in [0.1, 0.15) is 0 Å². The molecule has 0 N–H and O–H groups in total. The quantitative estimate of drug-likeness (QED) is 0.169. The van der Waals surface area contributed by atoms with Crippen LogP contribution in [0.15, 0.2) is 24.3 Å². The van der Waals surface area contributed by atoms with Crippen LogP contribution in [0.2, 0.25) is 30.1 Å². The van der Waals surface area contributed by atoms with Crippen LogP contribution in [0.5, 0.6) is 11.5 Å². The molecular formula is C19H14Cl6O4. The zero-order chi connectivity index (χ0) is 21.9. The van der Waals surface area contributed by atoms with Crippen molar-refractivity contribution in [3.63, 3.8) is 0 Å². The summed E-state index contributed by atoms with van der Waals surface area (Å²) in [6.45, 7) is 3.30. The lowest BCUT2D eigenvalue weighted by Crippen LogP contribution is -2.44. The van der Waals surface area contributed by atoms with E-state index >= 15 is 0 Å². The lowest BCUT2D eigenvalue weighted by molar-refractivity contribution is -0.161. The predicted molar refractivity (Wildman–Crippen MR) is 117 cm³/mol. The Balaban J connectivity index is 2.35. The van der Waals surface area contributed by atoms with Crippen molar-refractivity contribution in [2.24, 2.45) is 5.41 Å². The molecule has 0 saturated carbocycles. The van der Waals surface area contributed by atoms with Crippen molar-refractivity contribution in [1.29, 1.82) is 0 Å². The first-order valence-electron chi connectivity index (χ1n) is 8.29. The molecule has 0 amide bonds. The first-order chi connectivity index (χ1) is 13.5. The van der Waals surface area contributed by atoms with Gasteiger partial charge in [0.05, 0.1) is 30.1 Å². The van der Waals surface area contributed by atoms with Gasteiger partial charge in [-0.25, -0.2) is 0 Å². The van der Waals surface area contributed by atoms with E-state index < -0.39 is 17.4 Å². The summed E-state index contributed by atoms with van der Waals surface area (Å²) >= 11 is 35.8. The number of ether oxygens (including phenoxy) is 2. The van der Waals surface area contributed by atoms with Gasteiger partial charge in [-0.2, -0.15) is 0 Å². The third kappa shape index (κ3) is 5.25. The fourth-order valence-electron chi connectivity index (χ4n) is 2.47. The Morgan fingerprint density at radius 1 is 0.655 bits per heavy atom. The first kappa shape index (κ1) is 24.4. The van der Waals surface area contributed by atoms with Crippen molar-refractivity contribution in [2.45, 2.75) is 26.7 Å². The SMILES string of the molecule is CCC(CC)(C(=O)Oc1cc(Cl)c(Cl)cc1Cl)C(=O)Oc1cc(Cl)c(Cl)cc1Cl. The average molecular weight is 519 g/mol. The van der Waals surface area contributed by atoms with Crippen molar-refractivity contribution in [3.8, 4) is 11.5 Å². The second kappa shape index (κ2) is 9.95. The number of esters is 2. The van der Waals surface area contributed by atoms with Crippen LogP contribution in [0, 0.1) is 5.41 Å². The van der Waals surface area contributed by atoms with Crippen molar-refractivity contribution in [2.75, 3.05) is 0 Å². The van der Waals surface area contributed by atoms with Crippen LogP contribution in [0.3, 0.4) is 0 Å². The van der Waals surface area contributed by atoms with E-state index in [-0.39, 0.29) is 54.5 Å².